The summed E-state index contributed by atoms with van der Waals surface area (Å²) in [5, 5.41) is 11.4. The van der Waals surface area contributed by atoms with Gasteiger partial charge in [-0.1, -0.05) is 72.8 Å². The van der Waals surface area contributed by atoms with E-state index in [9.17, 15) is 14.7 Å². The average Bonchev–Trinajstić information content (AvgIpc) is 2.87. The molecule has 0 heterocycles. The third-order valence-electron chi connectivity index (χ3n) is 6.91. The lowest BCUT2D eigenvalue weighted by atomic mass is 9.67. The van der Waals surface area contributed by atoms with E-state index in [0.29, 0.717) is 12.8 Å². The second kappa shape index (κ2) is 13.2. The molecule has 0 bridgehead atoms. The van der Waals surface area contributed by atoms with E-state index in [-0.39, 0.29) is 36.1 Å². The minimum absolute atomic E-state index is 0.0207. The highest BCUT2D eigenvalue weighted by Gasteiger charge is 2.45. The number of rotatable bonds is 13. The highest BCUT2D eigenvalue weighted by Crippen LogP contribution is 2.44. The van der Waals surface area contributed by atoms with E-state index < -0.39 is 12.2 Å². The van der Waals surface area contributed by atoms with Gasteiger partial charge < -0.3 is 14.6 Å². The van der Waals surface area contributed by atoms with Crippen LogP contribution in [0.4, 0.5) is 0 Å². The van der Waals surface area contributed by atoms with Crippen LogP contribution < -0.4 is 0 Å². The summed E-state index contributed by atoms with van der Waals surface area (Å²) in [5.74, 6) is -0.393. The number of ether oxygens (including phenoxy) is 1. The van der Waals surface area contributed by atoms with Crippen molar-refractivity contribution < 1.29 is 19.4 Å². The van der Waals surface area contributed by atoms with E-state index in [1.165, 1.54) is 0 Å². The van der Waals surface area contributed by atoms with Crippen LogP contribution in [-0.2, 0) is 14.3 Å². The van der Waals surface area contributed by atoms with E-state index >= 15 is 0 Å². The molecule has 1 fully saturated rings. The van der Waals surface area contributed by atoms with Crippen molar-refractivity contribution in [1.29, 1.82) is 0 Å². The van der Waals surface area contributed by atoms with Gasteiger partial charge in [-0.2, -0.15) is 0 Å². The van der Waals surface area contributed by atoms with Gasteiger partial charge in [-0.3, -0.25) is 4.79 Å². The summed E-state index contributed by atoms with van der Waals surface area (Å²) in [6.07, 6.45) is 6.44. The van der Waals surface area contributed by atoms with Gasteiger partial charge in [0.25, 0.3) is 0 Å². The maximum absolute atomic E-state index is 13.1. The van der Waals surface area contributed by atoms with Gasteiger partial charge in [-0.25, -0.2) is 0 Å². The predicted octanol–water partition coefficient (Wildman–Crippen LogP) is 6.19. The van der Waals surface area contributed by atoms with Gasteiger partial charge in [0.05, 0.1) is 6.10 Å². The quantitative estimate of drug-likeness (QED) is 0.220. The van der Waals surface area contributed by atoms with Crippen LogP contribution in [0.25, 0.3) is 0 Å². The molecule has 4 nitrogen and oxygen atoms in total. The Bertz CT molecular complexity index is 923. The zero-order valence-electron chi connectivity index (χ0n) is 19.8. The zero-order valence-corrected chi connectivity index (χ0v) is 19.8. The highest BCUT2D eigenvalue weighted by atomic mass is 16.5. The van der Waals surface area contributed by atoms with Crippen molar-refractivity contribution >= 4 is 12.1 Å². The Hall–Kier alpha value is -2.82. The first-order valence-corrected chi connectivity index (χ1v) is 12.2. The van der Waals surface area contributed by atoms with Gasteiger partial charge in [-0.05, 0) is 42.7 Å². The fraction of sp³-hybridized carbons (Fsp3) is 0.400. The monoisotopic (exact) mass is 460 g/mol. The number of benzene rings is 2. The lowest BCUT2D eigenvalue weighted by molar-refractivity contribution is -0.160. The van der Waals surface area contributed by atoms with Crippen LogP contribution in [0, 0.1) is 17.8 Å². The number of ketones is 1. The summed E-state index contributed by atoms with van der Waals surface area (Å²) in [6, 6.07) is 19.2. The highest BCUT2D eigenvalue weighted by molar-refractivity contribution is 5.83. The van der Waals surface area contributed by atoms with Gasteiger partial charge in [0.15, 0.2) is 0 Å². The Morgan fingerprint density at radius 1 is 0.971 bits per heavy atom. The first kappa shape index (κ1) is 25.8. The Kier molecular flexibility index (Phi) is 9.99. The molecule has 1 N–H and O–H groups in total. The van der Waals surface area contributed by atoms with Crippen molar-refractivity contribution in [3.63, 3.8) is 0 Å². The molecule has 0 amide bonds. The van der Waals surface area contributed by atoms with Crippen LogP contribution in [0.3, 0.4) is 0 Å². The van der Waals surface area contributed by atoms with E-state index in [1.807, 2.05) is 66.7 Å². The second-order valence-electron chi connectivity index (χ2n) is 9.13. The Morgan fingerprint density at radius 2 is 1.62 bits per heavy atom. The summed E-state index contributed by atoms with van der Waals surface area (Å²) in [6.45, 7) is 7.65. The van der Waals surface area contributed by atoms with Crippen LogP contribution in [0.5, 0.6) is 0 Å². The molecule has 2 aromatic rings. The SMILES string of the molecule is C=CCCC[C@@H]1CC(=O)[C@H](CC=C)[C@@H](CC=O)[C@H]1O[C@H](c1ccccc1)[C@H](O)c1ccccc1. The first-order chi connectivity index (χ1) is 16.6. The van der Waals surface area contributed by atoms with E-state index in [1.54, 1.807) is 6.08 Å². The minimum Gasteiger partial charge on any atom is -0.385 e. The second-order valence-corrected chi connectivity index (χ2v) is 9.13. The van der Waals surface area contributed by atoms with Crippen molar-refractivity contribution in [2.45, 2.75) is 56.8 Å². The molecule has 0 unspecified atom stereocenters. The van der Waals surface area contributed by atoms with Crippen molar-refractivity contribution in [3.8, 4) is 0 Å². The summed E-state index contributed by atoms with van der Waals surface area (Å²) in [4.78, 5) is 24.8. The molecule has 4 heteroatoms. The van der Waals surface area contributed by atoms with E-state index in [4.69, 9.17) is 4.74 Å². The first-order valence-electron chi connectivity index (χ1n) is 12.2. The number of aliphatic hydroxyl groups excluding tert-OH is 1. The number of aliphatic hydroxyl groups is 1. The third-order valence-corrected chi connectivity index (χ3v) is 6.91. The molecule has 1 aliphatic rings. The molecule has 0 aromatic heterocycles. The Labute approximate surface area is 203 Å². The molecule has 34 heavy (non-hydrogen) atoms. The number of allylic oxidation sites excluding steroid dienone is 2. The lowest BCUT2D eigenvalue weighted by Crippen LogP contribution is -2.46. The van der Waals surface area contributed by atoms with Crippen molar-refractivity contribution in [3.05, 3.63) is 97.1 Å². The predicted molar refractivity (Wildman–Crippen MR) is 135 cm³/mol. The van der Waals surface area contributed by atoms with E-state index in [0.717, 1.165) is 36.7 Å². The minimum atomic E-state index is -0.884. The molecular weight excluding hydrogens is 424 g/mol. The van der Waals surface area contributed by atoms with Gasteiger partial charge in [-0.15, -0.1) is 13.2 Å². The van der Waals surface area contributed by atoms with Crippen LogP contribution in [-0.4, -0.2) is 23.3 Å². The van der Waals surface area contributed by atoms with Crippen LogP contribution >= 0.6 is 0 Å². The van der Waals surface area contributed by atoms with Gasteiger partial charge in [0.2, 0.25) is 0 Å². The Balaban J connectivity index is 1.99. The van der Waals surface area contributed by atoms with Crippen LogP contribution in [0.15, 0.2) is 86.0 Å². The van der Waals surface area contributed by atoms with Crippen molar-refractivity contribution in [2.75, 3.05) is 0 Å². The van der Waals surface area contributed by atoms with E-state index in [2.05, 4.69) is 13.2 Å². The molecule has 1 saturated carbocycles. The number of carbonyl (C=O) groups excluding carboxylic acids is 2. The molecular formula is C30H36O4. The fourth-order valence-electron chi connectivity index (χ4n) is 5.21. The standard InChI is InChI=1S/C30H36O4/c1-3-5-8-18-24-21-27(32)25(13-4-2)26(19-20-31)29(24)34-30(23-16-11-7-12-17-23)28(33)22-14-9-6-10-15-22/h3-4,6-7,9-12,14-17,20,24-26,28-30,33H,1-2,5,8,13,18-19,21H2/t24-,25-,26-,28-,29+,30-/m1/s1. The molecule has 2 aromatic carbocycles. The number of aldehydes is 1. The largest absolute Gasteiger partial charge is 0.385 e. The summed E-state index contributed by atoms with van der Waals surface area (Å²) in [7, 11) is 0. The van der Waals surface area contributed by atoms with Crippen molar-refractivity contribution in [1.82, 2.24) is 0 Å². The average molecular weight is 461 g/mol. The fourth-order valence-corrected chi connectivity index (χ4v) is 5.21. The summed E-state index contributed by atoms with van der Waals surface area (Å²) in [5.41, 5.74) is 1.63. The molecule has 1 aliphatic carbocycles. The number of Topliss-reactive ketones (excluding diaryl/α,β-unsaturated/α-hetero) is 1. The molecule has 0 radical (unpaired) electrons. The molecule has 0 spiro atoms. The molecule has 0 aliphatic heterocycles. The number of hydrogen-bond acceptors (Lipinski definition) is 4. The maximum atomic E-state index is 13.1. The van der Waals surface area contributed by atoms with Crippen LogP contribution in [0.2, 0.25) is 0 Å². The lowest BCUT2D eigenvalue weighted by Gasteiger charge is -2.43. The smallest absolute Gasteiger partial charge is 0.137 e. The number of hydrogen-bond donors (Lipinski definition) is 1. The Morgan fingerprint density at radius 3 is 2.21 bits per heavy atom. The van der Waals surface area contributed by atoms with Gasteiger partial charge >= 0.3 is 0 Å². The molecule has 180 valence electrons. The normalized spacial score (nSPS) is 24.2. The molecule has 6 atom stereocenters. The van der Waals surface area contributed by atoms with Gasteiger partial charge in [0, 0.05) is 24.7 Å². The molecule has 3 rings (SSSR count). The van der Waals surface area contributed by atoms with Crippen molar-refractivity contribution in [2.24, 2.45) is 17.8 Å². The number of carbonyl (C=O) groups is 2. The third kappa shape index (κ3) is 6.40. The maximum Gasteiger partial charge on any atom is 0.137 e. The van der Waals surface area contributed by atoms with Crippen LogP contribution in [0.1, 0.15) is 61.9 Å². The molecule has 0 saturated heterocycles. The topological polar surface area (TPSA) is 63.6 Å². The summed E-state index contributed by atoms with van der Waals surface area (Å²) < 4.78 is 6.81. The summed E-state index contributed by atoms with van der Waals surface area (Å²) >= 11 is 0. The zero-order chi connectivity index (χ0) is 24.3. The van der Waals surface area contributed by atoms with Gasteiger partial charge in [0.1, 0.15) is 24.3 Å². The number of unbranched alkanes of at least 4 members (excludes halogenated alkanes) is 1.